The quantitative estimate of drug-likeness (QED) is 0.220. The first kappa shape index (κ1) is 20.1. The number of nitrogens with zero attached hydrogens (tertiary/aromatic N) is 1. The Bertz CT molecular complexity index is 535. The van der Waals surface area contributed by atoms with Gasteiger partial charge in [0.05, 0.1) is 0 Å². The van der Waals surface area contributed by atoms with Crippen molar-refractivity contribution in [2.75, 3.05) is 18.5 Å². The number of pyridine rings is 1. The zero-order valence-electron chi connectivity index (χ0n) is 15.1. The lowest BCUT2D eigenvalue weighted by atomic mass is 10.1. The molecule has 0 saturated carbocycles. The highest BCUT2D eigenvalue weighted by Gasteiger charge is 2.15. The highest BCUT2D eigenvalue weighted by molar-refractivity contribution is 5.90. The molecule has 1 aliphatic heterocycles. The number of nitrogens with one attached hydrogen (secondary N) is 4. The number of guanidine groups is 1. The molecule has 8 heteroatoms. The number of unbranched alkanes of at least 4 members (excludes halogenated alkanes) is 3. The summed E-state index contributed by atoms with van der Waals surface area (Å²) in [7, 11) is 0. The van der Waals surface area contributed by atoms with Gasteiger partial charge in [-0.3, -0.25) is 15.2 Å². The summed E-state index contributed by atoms with van der Waals surface area (Å²) in [4.78, 5) is 20.9. The molecule has 1 aromatic heterocycles. The molecule has 0 radical (unpaired) electrons. The van der Waals surface area contributed by atoms with Gasteiger partial charge in [0.15, 0.2) is 12.2 Å². The second-order valence-electron chi connectivity index (χ2n) is 6.27. The van der Waals surface area contributed by atoms with Crippen molar-refractivity contribution in [3.8, 4) is 0 Å². The number of amides is 1. The first-order chi connectivity index (χ1) is 12.7. The van der Waals surface area contributed by atoms with Gasteiger partial charge in [-0.25, -0.2) is 10.3 Å². The molecule has 2 heterocycles. The van der Waals surface area contributed by atoms with E-state index in [-0.39, 0.29) is 18.2 Å². The van der Waals surface area contributed by atoms with Gasteiger partial charge in [-0.1, -0.05) is 12.8 Å². The maximum Gasteiger partial charge on any atom is 0.243 e. The van der Waals surface area contributed by atoms with Gasteiger partial charge in [0.25, 0.3) is 0 Å². The molecule has 1 aromatic rings. The van der Waals surface area contributed by atoms with Crippen molar-refractivity contribution in [3.05, 3.63) is 24.5 Å². The van der Waals surface area contributed by atoms with E-state index in [4.69, 9.17) is 15.0 Å². The van der Waals surface area contributed by atoms with Gasteiger partial charge in [0, 0.05) is 44.1 Å². The Balaban J connectivity index is 1.40. The molecule has 1 saturated heterocycles. The molecule has 0 spiro atoms. The van der Waals surface area contributed by atoms with Crippen LogP contribution in [0, 0.1) is 5.41 Å². The van der Waals surface area contributed by atoms with Crippen LogP contribution in [0.25, 0.3) is 0 Å². The van der Waals surface area contributed by atoms with Gasteiger partial charge in [0.1, 0.15) is 0 Å². The van der Waals surface area contributed by atoms with Crippen molar-refractivity contribution in [1.82, 2.24) is 15.8 Å². The predicted molar refractivity (Wildman–Crippen MR) is 99.5 cm³/mol. The maximum absolute atomic E-state index is 11.7. The summed E-state index contributed by atoms with van der Waals surface area (Å²) in [6, 6.07) is 3.62. The van der Waals surface area contributed by atoms with Crippen LogP contribution in [0.2, 0.25) is 0 Å². The van der Waals surface area contributed by atoms with Gasteiger partial charge in [-0.2, -0.15) is 0 Å². The molecule has 0 bridgehead atoms. The van der Waals surface area contributed by atoms with Crippen molar-refractivity contribution >= 4 is 17.6 Å². The summed E-state index contributed by atoms with van der Waals surface area (Å²) in [5, 5.41) is 13.8. The average molecular weight is 363 g/mol. The molecule has 26 heavy (non-hydrogen) atoms. The van der Waals surface area contributed by atoms with Gasteiger partial charge < -0.3 is 15.4 Å². The van der Waals surface area contributed by atoms with E-state index in [1.807, 2.05) is 12.1 Å². The standard InChI is InChI=1S/C18H29N5O3/c19-18(22-15-9-12-20-13-10-15)21-11-5-2-1-3-7-16(24)23-26-17-8-4-6-14-25-17/h9-10,12-13,17H,1-8,11,14H2,(H,23,24)(H3,19,20,21,22). The monoisotopic (exact) mass is 363 g/mol. The molecule has 1 aliphatic rings. The lowest BCUT2D eigenvalue weighted by Crippen LogP contribution is -2.32. The van der Waals surface area contributed by atoms with Crippen molar-refractivity contribution in [2.24, 2.45) is 0 Å². The van der Waals surface area contributed by atoms with Crippen LogP contribution in [0.4, 0.5) is 5.69 Å². The van der Waals surface area contributed by atoms with Gasteiger partial charge in [-0.15, -0.1) is 0 Å². The minimum atomic E-state index is -0.296. The largest absolute Gasteiger partial charge is 0.356 e. The average Bonchev–Trinajstić information content (AvgIpc) is 2.67. The Labute approximate surface area is 154 Å². The number of hydrogen-bond donors (Lipinski definition) is 4. The third-order valence-electron chi connectivity index (χ3n) is 4.02. The fourth-order valence-electron chi connectivity index (χ4n) is 2.59. The number of anilines is 1. The highest BCUT2D eigenvalue weighted by Crippen LogP contribution is 2.12. The Morgan fingerprint density at radius 3 is 2.81 bits per heavy atom. The Kier molecular flexibility index (Phi) is 9.45. The lowest BCUT2D eigenvalue weighted by Gasteiger charge is -2.22. The molecule has 144 valence electrons. The lowest BCUT2D eigenvalue weighted by molar-refractivity contribution is -0.200. The van der Waals surface area contributed by atoms with Crippen LogP contribution in [0.5, 0.6) is 0 Å². The normalized spacial score (nSPS) is 16.7. The van der Waals surface area contributed by atoms with E-state index in [1.54, 1.807) is 12.4 Å². The van der Waals surface area contributed by atoms with E-state index in [2.05, 4.69) is 21.1 Å². The van der Waals surface area contributed by atoms with Crippen LogP contribution >= 0.6 is 0 Å². The molecule has 4 N–H and O–H groups in total. The third-order valence-corrected chi connectivity index (χ3v) is 4.02. The number of carbonyl (C=O) groups is 1. The SMILES string of the molecule is N=C(NCCCCCCC(=O)NOC1CCCCO1)Nc1ccncc1. The Hall–Kier alpha value is -2.19. The fourth-order valence-corrected chi connectivity index (χ4v) is 2.59. The van der Waals surface area contributed by atoms with E-state index in [1.165, 1.54) is 0 Å². The summed E-state index contributed by atoms with van der Waals surface area (Å²) in [5.74, 6) is 0.179. The van der Waals surface area contributed by atoms with Crippen LogP contribution in [0.3, 0.4) is 0 Å². The number of carbonyl (C=O) groups excluding carboxylic acids is 1. The minimum absolute atomic E-state index is 0.0966. The summed E-state index contributed by atoms with van der Waals surface area (Å²) in [5.41, 5.74) is 3.31. The molecule has 1 amide bonds. The van der Waals surface area contributed by atoms with Crippen LogP contribution in [0.15, 0.2) is 24.5 Å². The number of aromatic nitrogens is 1. The zero-order chi connectivity index (χ0) is 18.5. The van der Waals surface area contributed by atoms with Crippen molar-refractivity contribution in [3.63, 3.8) is 0 Å². The van der Waals surface area contributed by atoms with Crippen LogP contribution < -0.4 is 16.1 Å². The van der Waals surface area contributed by atoms with Crippen molar-refractivity contribution in [2.45, 2.75) is 57.7 Å². The number of ether oxygens (including phenoxy) is 1. The van der Waals surface area contributed by atoms with Crippen LogP contribution in [-0.4, -0.2) is 36.3 Å². The molecule has 1 unspecified atom stereocenters. The second kappa shape index (κ2) is 12.2. The van der Waals surface area contributed by atoms with Crippen molar-refractivity contribution < 1.29 is 14.4 Å². The van der Waals surface area contributed by atoms with Gasteiger partial charge in [0.2, 0.25) is 5.91 Å². The van der Waals surface area contributed by atoms with Gasteiger partial charge in [-0.05, 0) is 37.8 Å². The second-order valence-corrected chi connectivity index (χ2v) is 6.27. The molecule has 0 aliphatic carbocycles. The molecule has 0 aromatic carbocycles. The number of hydrogen-bond acceptors (Lipinski definition) is 5. The minimum Gasteiger partial charge on any atom is -0.356 e. The summed E-state index contributed by atoms with van der Waals surface area (Å²) in [6.07, 6.45) is 10.2. The van der Waals surface area contributed by atoms with E-state index < -0.39 is 0 Å². The maximum atomic E-state index is 11.7. The molecule has 2 rings (SSSR count). The van der Waals surface area contributed by atoms with E-state index in [9.17, 15) is 4.79 Å². The number of rotatable bonds is 10. The van der Waals surface area contributed by atoms with Crippen molar-refractivity contribution in [1.29, 1.82) is 5.41 Å². The smallest absolute Gasteiger partial charge is 0.243 e. The molecular weight excluding hydrogens is 334 g/mol. The highest BCUT2D eigenvalue weighted by atomic mass is 16.8. The molecule has 8 nitrogen and oxygen atoms in total. The summed E-state index contributed by atoms with van der Waals surface area (Å²) in [6.45, 7) is 1.43. The summed E-state index contributed by atoms with van der Waals surface area (Å²) >= 11 is 0. The van der Waals surface area contributed by atoms with E-state index in [0.29, 0.717) is 13.0 Å². The number of hydroxylamine groups is 1. The molecular formula is C18H29N5O3. The van der Waals surface area contributed by atoms with Crippen LogP contribution in [0.1, 0.15) is 51.4 Å². The molecule has 1 atom stereocenters. The topological polar surface area (TPSA) is 108 Å². The zero-order valence-corrected chi connectivity index (χ0v) is 15.1. The predicted octanol–water partition coefficient (Wildman–Crippen LogP) is 2.54. The van der Waals surface area contributed by atoms with E-state index >= 15 is 0 Å². The third kappa shape index (κ3) is 8.77. The Morgan fingerprint density at radius 2 is 2.04 bits per heavy atom. The van der Waals surface area contributed by atoms with Crippen LogP contribution in [-0.2, 0) is 14.4 Å². The van der Waals surface area contributed by atoms with E-state index in [0.717, 1.165) is 57.2 Å². The van der Waals surface area contributed by atoms with Gasteiger partial charge >= 0.3 is 0 Å². The first-order valence-electron chi connectivity index (χ1n) is 9.29. The fraction of sp³-hybridized carbons (Fsp3) is 0.611. The summed E-state index contributed by atoms with van der Waals surface area (Å²) < 4.78 is 5.39. The first-order valence-corrected chi connectivity index (χ1v) is 9.29. The Morgan fingerprint density at radius 1 is 1.23 bits per heavy atom. The molecule has 1 fully saturated rings.